The molecule has 138 valence electrons. The summed E-state index contributed by atoms with van der Waals surface area (Å²) in [6.45, 7) is 6.18. The van der Waals surface area contributed by atoms with Gasteiger partial charge in [0.15, 0.2) is 11.9 Å². The van der Waals surface area contributed by atoms with E-state index in [-0.39, 0.29) is 17.7 Å². The number of nitrogens with zero attached hydrogens (tertiary/aromatic N) is 3. The second kappa shape index (κ2) is 6.96. The number of aromatic nitrogens is 3. The van der Waals surface area contributed by atoms with Crippen LogP contribution in [0.25, 0.3) is 4.96 Å². The average molecular weight is 375 g/mol. The van der Waals surface area contributed by atoms with Crippen molar-refractivity contribution in [3.05, 3.63) is 46.3 Å². The normalized spacial score (nSPS) is 22.0. The zero-order valence-electron chi connectivity index (χ0n) is 15.1. The largest absolute Gasteiger partial charge is 0.492 e. The number of benzene rings is 1. The summed E-state index contributed by atoms with van der Waals surface area (Å²) in [6, 6.07) is 6.66. The number of aromatic hydroxyl groups is 1. The van der Waals surface area contributed by atoms with E-state index in [1.54, 1.807) is 6.07 Å². The third-order valence-electron chi connectivity index (χ3n) is 5.36. The fourth-order valence-electron chi connectivity index (χ4n) is 3.81. The lowest BCUT2D eigenvalue weighted by molar-refractivity contribution is -0.931. The molecule has 1 atom stereocenters. The Morgan fingerprint density at radius 2 is 2.08 bits per heavy atom. The van der Waals surface area contributed by atoms with Crippen LogP contribution >= 0.6 is 11.3 Å². The Balaban J connectivity index is 1.81. The topological polar surface area (TPSA) is 54.9 Å². The molecule has 1 aliphatic heterocycles. The van der Waals surface area contributed by atoms with Crippen LogP contribution in [0.4, 0.5) is 4.39 Å². The zero-order chi connectivity index (χ0) is 18.3. The van der Waals surface area contributed by atoms with Gasteiger partial charge in [-0.2, -0.15) is 4.52 Å². The molecule has 2 aromatic heterocycles. The van der Waals surface area contributed by atoms with Crippen LogP contribution in [0.1, 0.15) is 49.0 Å². The third-order valence-corrected chi connectivity index (χ3v) is 6.45. The van der Waals surface area contributed by atoms with Crippen molar-refractivity contribution in [2.24, 2.45) is 5.92 Å². The predicted octanol–water partition coefficient (Wildman–Crippen LogP) is 2.60. The molecule has 4 rings (SSSR count). The van der Waals surface area contributed by atoms with Crippen molar-refractivity contribution < 1.29 is 14.4 Å². The van der Waals surface area contributed by atoms with E-state index in [4.69, 9.17) is 0 Å². The molecule has 1 fully saturated rings. The number of aryl methyl sites for hydroxylation is 1. The number of piperidine rings is 1. The lowest BCUT2D eigenvalue weighted by Crippen LogP contribution is -3.13. The maximum absolute atomic E-state index is 14.7. The Morgan fingerprint density at radius 1 is 1.35 bits per heavy atom. The first kappa shape index (κ1) is 17.4. The van der Waals surface area contributed by atoms with Crippen molar-refractivity contribution >= 4 is 16.3 Å². The Morgan fingerprint density at radius 3 is 2.73 bits per heavy atom. The summed E-state index contributed by atoms with van der Waals surface area (Å²) in [7, 11) is 0. The molecule has 7 heteroatoms. The lowest BCUT2D eigenvalue weighted by Gasteiger charge is -2.33. The number of likely N-dealkylation sites (tertiary alicyclic amines) is 1. The Bertz CT molecular complexity index is 914. The summed E-state index contributed by atoms with van der Waals surface area (Å²) >= 11 is 1.42. The molecule has 0 aliphatic carbocycles. The van der Waals surface area contributed by atoms with E-state index in [0.717, 1.165) is 37.2 Å². The number of halogens is 1. The molecular formula is C19H24FN4OS+. The summed E-state index contributed by atoms with van der Waals surface area (Å²) in [5.74, 6) is 1.27. The number of thiazole rings is 1. The molecule has 1 aromatic carbocycles. The van der Waals surface area contributed by atoms with Gasteiger partial charge in [-0.05, 0) is 30.9 Å². The molecule has 0 saturated carbocycles. The highest BCUT2D eigenvalue weighted by atomic mass is 32.1. The van der Waals surface area contributed by atoms with Gasteiger partial charge in [-0.15, -0.1) is 5.10 Å². The van der Waals surface area contributed by atoms with Gasteiger partial charge in [-0.25, -0.2) is 9.37 Å². The summed E-state index contributed by atoms with van der Waals surface area (Å²) < 4.78 is 16.2. The van der Waals surface area contributed by atoms with E-state index in [2.05, 4.69) is 17.0 Å². The highest BCUT2D eigenvalue weighted by molar-refractivity contribution is 7.17. The maximum Gasteiger partial charge on any atom is 0.235 e. The molecule has 2 N–H and O–H groups in total. The summed E-state index contributed by atoms with van der Waals surface area (Å²) in [5, 5.41) is 15.2. The van der Waals surface area contributed by atoms with Crippen molar-refractivity contribution in [1.82, 2.24) is 14.6 Å². The second-order valence-corrected chi connectivity index (χ2v) is 8.17. The molecule has 1 saturated heterocycles. The smallest absolute Gasteiger partial charge is 0.235 e. The van der Waals surface area contributed by atoms with Gasteiger partial charge in [-0.1, -0.05) is 37.3 Å². The quantitative estimate of drug-likeness (QED) is 0.737. The number of quaternary nitrogens is 1. The minimum atomic E-state index is -0.234. The summed E-state index contributed by atoms with van der Waals surface area (Å²) in [4.78, 5) is 7.19. The van der Waals surface area contributed by atoms with Crippen LogP contribution < -0.4 is 4.90 Å². The van der Waals surface area contributed by atoms with Crippen molar-refractivity contribution in [1.29, 1.82) is 0 Å². The Hall–Kier alpha value is -1.99. The highest BCUT2D eigenvalue weighted by Gasteiger charge is 2.36. The zero-order valence-corrected chi connectivity index (χ0v) is 15.9. The van der Waals surface area contributed by atoms with Crippen molar-refractivity contribution in [3.63, 3.8) is 0 Å². The molecule has 0 bridgehead atoms. The number of hydrogen-bond acceptors (Lipinski definition) is 4. The minimum absolute atomic E-state index is 0.0941. The third kappa shape index (κ3) is 2.99. The first-order chi connectivity index (χ1) is 12.6. The average Bonchev–Trinajstić information content (AvgIpc) is 3.18. The molecule has 0 spiro atoms. The van der Waals surface area contributed by atoms with Crippen LogP contribution in [0.2, 0.25) is 0 Å². The van der Waals surface area contributed by atoms with E-state index in [1.807, 2.05) is 19.1 Å². The van der Waals surface area contributed by atoms with E-state index >= 15 is 0 Å². The lowest BCUT2D eigenvalue weighted by atomic mass is 9.95. The molecule has 0 radical (unpaired) electrons. The standard InChI is InChI=1S/C19H23FN4OS/c1-3-15-21-19-24(22-15)18(25)17(26-19)16(13-6-4-5-7-14(13)20)23-10-8-12(2)9-11-23/h4-7,12,16,25H,3,8-11H2,1-2H3/p+1/t16-/m1/s1. The van der Waals surface area contributed by atoms with Crippen LogP contribution in [0.5, 0.6) is 5.88 Å². The molecule has 1 aliphatic rings. The first-order valence-corrected chi connectivity index (χ1v) is 10.1. The van der Waals surface area contributed by atoms with Crippen molar-refractivity contribution in [2.45, 2.75) is 39.2 Å². The maximum atomic E-state index is 14.7. The molecule has 3 heterocycles. The fraction of sp³-hybridized carbons (Fsp3) is 0.474. The molecule has 0 unspecified atom stereocenters. The molecule has 3 aromatic rings. The van der Waals surface area contributed by atoms with Gasteiger partial charge in [0.2, 0.25) is 10.8 Å². The van der Waals surface area contributed by atoms with Gasteiger partial charge in [0.25, 0.3) is 0 Å². The van der Waals surface area contributed by atoms with Gasteiger partial charge in [0.1, 0.15) is 10.7 Å². The molecule has 5 nitrogen and oxygen atoms in total. The van der Waals surface area contributed by atoms with Gasteiger partial charge in [0, 0.05) is 6.42 Å². The second-order valence-electron chi connectivity index (χ2n) is 7.16. The SMILES string of the molecule is CCc1nc2sc([C@@H](c3ccccc3F)[NH+]3CCC(C)CC3)c(O)n2n1. The van der Waals surface area contributed by atoms with Gasteiger partial charge < -0.3 is 10.0 Å². The molecule has 26 heavy (non-hydrogen) atoms. The van der Waals surface area contributed by atoms with Crippen molar-refractivity contribution in [3.8, 4) is 5.88 Å². The van der Waals surface area contributed by atoms with Crippen LogP contribution in [-0.2, 0) is 6.42 Å². The number of fused-ring (bicyclic) bond motifs is 1. The Kier molecular flexibility index (Phi) is 4.67. The van der Waals surface area contributed by atoms with Crippen LogP contribution in [0, 0.1) is 11.7 Å². The first-order valence-electron chi connectivity index (χ1n) is 9.24. The van der Waals surface area contributed by atoms with E-state index in [1.165, 1.54) is 26.8 Å². The van der Waals surface area contributed by atoms with E-state index < -0.39 is 0 Å². The predicted molar refractivity (Wildman–Crippen MR) is 99.2 cm³/mol. The van der Waals surface area contributed by atoms with Crippen LogP contribution in [0.15, 0.2) is 24.3 Å². The Labute approximate surface area is 156 Å². The van der Waals surface area contributed by atoms with E-state index in [9.17, 15) is 9.50 Å². The number of rotatable bonds is 4. The van der Waals surface area contributed by atoms with E-state index in [0.29, 0.717) is 22.3 Å². The molecule has 0 amide bonds. The van der Waals surface area contributed by atoms with Gasteiger partial charge in [0.05, 0.1) is 18.7 Å². The van der Waals surface area contributed by atoms with Crippen molar-refractivity contribution in [2.75, 3.05) is 13.1 Å². The number of nitrogens with one attached hydrogen (secondary N) is 1. The summed E-state index contributed by atoms with van der Waals surface area (Å²) in [6.07, 6.45) is 2.94. The molecular weight excluding hydrogens is 351 g/mol. The summed E-state index contributed by atoms with van der Waals surface area (Å²) in [5.41, 5.74) is 0.632. The highest BCUT2D eigenvalue weighted by Crippen LogP contribution is 2.36. The van der Waals surface area contributed by atoms with Gasteiger partial charge >= 0.3 is 0 Å². The minimum Gasteiger partial charge on any atom is -0.492 e. The fourth-order valence-corrected chi connectivity index (χ4v) is 4.96. The van der Waals surface area contributed by atoms with Crippen LogP contribution in [0.3, 0.4) is 0 Å². The van der Waals surface area contributed by atoms with Crippen LogP contribution in [-0.4, -0.2) is 32.8 Å². The number of hydrogen-bond donors (Lipinski definition) is 2. The van der Waals surface area contributed by atoms with Gasteiger partial charge in [-0.3, -0.25) is 0 Å². The monoisotopic (exact) mass is 375 g/mol.